The molecule has 0 aliphatic carbocycles. The van der Waals surface area contributed by atoms with Crippen molar-refractivity contribution in [3.63, 3.8) is 0 Å². The Balaban J connectivity index is 2.60. The molecule has 0 saturated heterocycles. The second kappa shape index (κ2) is 8.14. The highest BCUT2D eigenvalue weighted by molar-refractivity contribution is 6.31. The van der Waals surface area contributed by atoms with E-state index in [-0.39, 0.29) is 9.68 Å². The van der Waals surface area contributed by atoms with Crippen LogP contribution in [0.5, 0.6) is 0 Å². The Kier molecular flexibility index (Phi) is 8.26. The summed E-state index contributed by atoms with van der Waals surface area (Å²) in [7, 11) is 0.0785. The molecule has 2 N–H and O–H groups in total. The first-order valence-electron chi connectivity index (χ1n) is 3.83. The van der Waals surface area contributed by atoms with Crippen LogP contribution < -0.4 is 10.3 Å². The molecule has 56 valence electrons. The zero-order valence-corrected chi connectivity index (χ0v) is 7.95. The average molecular weight is 146 g/mol. The highest BCUT2D eigenvalue weighted by Gasteiger charge is 1.82. The zero-order chi connectivity index (χ0) is 6.95. The molecule has 0 aromatic carbocycles. The fraction of sp³-hybridized carbons (Fsp3) is 1.00. The molecule has 0 aliphatic rings. The standard InChI is InChI=1S/C6H18N2Si/c1-3-5-9-8-6-7-4-2/h7-8H,3-6,9H2,1-2H3. The minimum absolute atomic E-state index is 0.0785. The van der Waals surface area contributed by atoms with Crippen LogP contribution in [-0.2, 0) is 0 Å². The third-order valence-corrected chi connectivity index (χ3v) is 2.87. The van der Waals surface area contributed by atoms with E-state index in [9.17, 15) is 0 Å². The normalized spacial score (nSPS) is 11.3. The van der Waals surface area contributed by atoms with Gasteiger partial charge in [-0.2, -0.15) is 0 Å². The van der Waals surface area contributed by atoms with Gasteiger partial charge in [0.1, 0.15) is 0 Å². The van der Waals surface area contributed by atoms with Crippen LogP contribution in [0.4, 0.5) is 0 Å². The van der Waals surface area contributed by atoms with Crippen LogP contribution in [0.2, 0.25) is 6.04 Å². The van der Waals surface area contributed by atoms with Crippen molar-refractivity contribution in [3.8, 4) is 0 Å². The summed E-state index contributed by atoms with van der Waals surface area (Å²) in [4.78, 5) is 3.42. The summed E-state index contributed by atoms with van der Waals surface area (Å²) in [5, 5.41) is 3.23. The first-order chi connectivity index (χ1) is 4.41. The largest absolute Gasteiger partial charge is 0.331 e. The minimum Gasteiger partial charge on any atom is -0.331 e. The molecule has 0 spiro atoms. The SMILES string of the molecule is CCC[SiH2]NCNCC. The highest BCUT2D eigenvalue weighted by Crippen LogP contribution is 1.80. The van der Waals surface area contributed by atoms with Gasteiger partial charge in [-0.15, -0.1) is 0 Å². The molecular formula is C6H18N2Si. The van der Waals surface area contributed by atoms with Crippen molar-refractivity contribution < 1.29 is 0 Å². The Morgan fingerprint density at radius 1 is 1.33 bits per heavy atom. The van der Waals surface area contributed by atoms with E-state index in [2.05, 4.69) is 24.1 Å². The number of hydrogen-bond donors (Lipinski definition) is 2. The highest BCUT2D eigenvalue weighted by atomic mass is 28.2. The predicted molar refractivity (Wildman–Crippen MR) is 45.3 cm³/mol. The summed E-state index contributed by atoms with van der Waals surface area (Å²) in [6, 6.07) is 1.42. The average Bonchev–Trinajstić information content (AvgIpc) is 1.89. The second-order valence-corrected chi connectivity index (χ2v) is 3.84. The first-order valence-corrected chi connectivity index (χ1v) is 5.54. The molecule has 0 aromatic heterocycles. The monoisotopic (exact) mass is 146 g/mol. The third kappa shape index (κ3) is 8.14. The molecule has 0 unspecified atom stereocenters. The van der Waals surface area contributed by atoms with E-state index in [4.69, 9.17) is 0 Å². The van der Waals surface area contributed by atoms with Gasteiger partial charge >= 0.3 is 0 Å². The van der Waals surface area contributed by atoms with Crippen LogP contribution in [0.25, 0.3) is 0 Å². The van der Waals surface area contributed by atoms with E-state index in [0.29, 0.717) is 0 Å². The van der Waals surface area contributed by atoms with Gasteiger partial charge in [-0.1, -0.05) is 26.3 Å². The molecule has 0 aromatic rings. The van der Waals surface area contributed by atoms with Gasteiger partial charge in [-0.25, -0.2) is 0 Å². The third-order valence-electron chi connectivity index (χ3n) is 1.21. The summed E-state index contributed by atoms with van der Waals surface area (Å²) in [5.74, 6) is 0. The summed E-state index contributed by atoms with van der Waals surface area (Å²) >= 11 is 0. The summed E-state index contributed by atoms with van der Waals surface area (Å²) < 4.78 is 0. The summed E-state index contributed by atoms with van der Waals surface area (Å²) in [5.41, 5.74) is 0. The molecule has 0 saturated carbocycles. The number of hydrogen-bond acceptors (Lipinski definition) is 2. The summed E-state index contributed by atoms with van der Waals surface area (Å²) in [6.45, 7) is 6.46. The van der Waals surface area contributed by atoms with Crippen molar-refractivity contribution in [2.45, 2.75) is 26.3 Å². The van der Waals surface area contributed by atoms with Crippen LogP contribution in [0, 0.1) is 0 Å². The van der Waals surface area contributed by atoms with Crippen molar-refractivity contribution in [1.29, 1.82) is 0 Å². The van der Waals surface area contributed by atoms with Gasteiger partial charge in [0, 0.05) is 6.67 Å². The Morgan fingerprint density at radius 2 is 2.11 bits per heavy atom. The minimum atomic E-state index is 0.0785. The van der Waals surface area contributed by atoms with Gasteiger partial charge in [-0.3, -0.25) is 0 Å². The molecule has 0 radical (unpaired) electrons. The maximum atomic E-state index is 3.42. The quantitative estimate of drug-likeness (QED) is 0.314. The molecule has 9 heavy (non-hydrogen) atoms. The van der Waals surface area contributed by atoms with Gasteiger partial charge < -0.3 is 10.3 Å². The lowest BCUT2D eigenvalue weighted by Gasteiger charge is -2.01. The summed E-state index contributed by atoms with van der Waals surface area (Å²) in [6.07, 6.45) is 1.34. The number of nitrogens with one attached hydrogen (secondary N) is 2. The lowest BCUT2D eigenvalue weighted by atomic mass is 10.6. The van der Waals surface area contributed by atoms with E-state index in [1.807, 2.05) is 0 Å². The van der Waals surface area contributed by atoms with Gasteiger partial charge in [0.05, 0.1) is 9.68 Å². The van der Waals surface area contributed by atoms with E-state index in [1.54, 1.807) is 0 Å². The van der Waals surface area contributed by atoms with Crippen LogP contribution in [0.15, 0.2) is 0 Å². The van der Waals surface area contributed by atoms with E-state index < -0.39 is 0 Å². The zero-order valence-electron chi connectivity index (χ0n) is 6.54. The fourth-order valence-corrected chi connectivity index (χ4v) is 1.56. The molecule has 0 bridgehead atoms. The topological polar surface area (TPSA) is 24.1 Å². The maximum absolute atomic E-state index is 3.42. The van der Waals surface area contributed by atoms with Crippen molar-refractivity contribution in [3.05, 3.63) is 0 Å². The molecule has 2 nitrogen and oxygen atoms in total. The first kappa shape index (κ1) is 9.14. The molecule has 0 rings (SSSR count). The molecular weight excluding hydrogens is 128 g/mol. The van der Waals surface area contributed by atoms with Crippen LogP contribution >= 0.6 is 0 Å². The molecule has 0 aliphatic heterocycles. The number of rotatable bonds is 6. The second-order valence-electron chi connectivity index (χ2n) is 2.13. The Hall–Kier alpha value is 0.137. The molecule has 0 atom stereocenters. The van der Waals surface area contributed by atoms with Crippen LogP contribution in [0.1, 0.15) is 20.3 Å². The molecule has 3 heteroatoms. The molecule has 0 amide bonds. The van der Waals surface area contributed by atoms with Gasteiger partial charge in [0.2, 0.25) is 0 Å². The molecule has 0 heterocycles. The Morgan fingerprint density at radius 3 is 2.67 bits per heavy atom. The predicted octanol–water partition coefficient (Wildman–Crippen LogP) is 0.0551. The van der Waals surface area contributed by atoms with Gasteiger partial charge in [0.25, 0.3) is 0 Å². The van der Waals surface area contributed by atoms with Crippen molar-refractivity contribution in [2.24, 2.45) is 0 Å². The van der Waals surface area contributed by atoms with E-state index in [0.717, 1.165) is 13.2 Å². The van der Waals surface area contributed by atoms with Gasteiger partial charge in [0.15, 0.2) is 0 Å². The maximum Gasteiger partial charge on any atom is 0.0930 e. The molecule has 0 fully saturated rings. The Bertz CT molecular complexity index is 44.3. The van der Waals surface area contributed by atoms with Crippen molar-refractivity contribution in [2.75, 3.05) is 13.2 Å². The fourth-order valence-electron chi connectivity index (χ4n) is 0.604. The lowest BCUT2D eigenvalue weighted by molar-refractivity contribution is 0.701. The van der Waals surface area contributed by atoms with Gasteiger partial charge in [-0.05, 0) is 6.54 Å². The lowest BCUT2D eigenvalue weighted by Crippen LogP contribution is -2.31. The van der Waals surface area contributed by atoms with Crippen LogP contribution in [0.3, 0.4) is 0 Å². The smallest absolute Gasteiger partial charge is 0.0930 e. The van der Waals surface area contributed by atoms with E-state index >= 15 is 0 Å². The Labute approximate surface area is 60.3 Å². The van der Waals surface area contributed by atoms with Crippen LogP contribution in [-0.4, -0.2) is 22.9 Å². The van der Waals surface area contributed by atoms with Crippen molar-refractivity contribution in [1.82, 2.24) is 10.3 Å². The van der Waals surface area contributed by atoms with E-state index in [1.165, 1.54) is 12.5 Å². The van der Waals surface area contributed by atoms with Crippen molar-refractivity contribution >= 4 is 9.68 Å².